The average Bonchev–Trinajstić information content (AvgIpc) is 0.722. The molecule has 0 aromatic heterocycles. The van der Waals surface area contributed by atoms with Gasteiger partial charge in [0.1, 0.15) is 0 Å². The molecule has 0 saturated heterocycles. The summed E-state index contributed by atoms with van der Waals surface area (Å²) < 4.78 is 0. The first-order valence-corrected chi connectivity index (χ1v) is 2.68. The molecule has 48 valence electrons. The van der Waals surface area contributed by atoms with Gasteiger partial charge in [0, 0.05) is 0 Å². The fourth-order valence-corrected chi connectivity index (χ4v) is 0. The number of hydrogen-bond acceptors (Lipinski definition) is 4. The fraction of sp³-hybridized carbons (Fsp3) is 0. The molecule has 0 aromatic rings. The molecule has 0 fully saturated rings. The van der Waals surface area contributed by atoms with E-state index in [4.69, 9.17) is 19.2 Å². The summed E-state index contributed by atoms with van der Waals surface area (Å²) in [6.07, 6.45) is 0. The maximum atomic E-state index is 7.33. The zero-order valence-electron chi connectivity index (χ0n) is 3.00. The van der Waals surface area contributed by atoms with Crippen molar-refractivity contribution in [1.82, 2.24) is 0 Å². The van der Waals surface area contributed by atoms with E-state index in [-0.39, 0.29) is 82.4 Å². The third kappa shape index (κ3) is 69.0. The molecule has 4 N–H and O–H groups in total. The third-order valence-electron chi connectivity index (χ3n) is 0. The molecule has 0 heterocycles. The van der Waals surface area contributed by atoms with Crippen LogP contribution in [0.4, 0.5) is 0 Å². The van der Waals surface area contributed by atoms with Gasteiger partial charge in [-0.2, -0.15) is 0 Å². The van der Waals surface area contributed by atoms with Gasteiger partial charge in [0.25, 0.3) is 0 Å². The van der Waals surface area contributed by atoms with Crippen LogP contribution in [0.3, 0.4) is 0 Å². The van der Waals surface area contributed by atoms with Gasteiger partial charge in [-0.05, 0) is 0 Å². The quantitative estimate of drug-likeness (QED) is 0.318. The van der Waals surface area contributed by atoms with Crippen LogP contribution >= 0.6 is 0 Å². The third-order valence-corrected chi connectivity index (χ3v) is 0. The Balaban J connectivity index is -0.0000000267. The SMILES string of the molecule is O[Si](O)(O)O.[AlH3].[CaH2].[PbH2]. The minimum absolute atomic E-state index is 0. The standard InChI is InChI=1S/Al.Ca.H4O4Si.Pb.7H/c;;1-5(2,3)4;;;;;;;;/h;;1-4H;;;;;;;;. The van der Waals surface area contributed by atoms with Crippen LogP contribution in [0.1, 0.15) is 0 Å². The van der Waals surface area contributed by atoms with Crippen LogP contribution in [-0.4, -0.2) is 111 Å². The van der Waals surface area contributed by atoms with Crippen molar-refractivity contribution in [3.63, 3.8) is 0 Å². The van der Waals surface area contributed by atoms with Crippen LogP contribution in [0.15, 0.2) is 0 Å². The van der Waals surface area contributed by atoms with Crippen molar-refractivity contribution >= 4 is 91.4 Å². The second-order valence-electron chi connectivity index (χ2n) is 0.600. The molecule has 0 rings (SSSR count). The minimum atomic E-state index is -4.61. The van der Waals surface area contributed by atoms with Crippen LogP contribution < -0.4 is 0 Å². The molecule has 4 nitrogen and oxygen atoms in total. The monoisotopic (exact) mass is 378 g/mol. The second-order valence-corrected chi connectivity index (χ2v) is 1.80. The summed E-state index contributed by atoms with van der Waals surface area (Å²) in [5.74, 6) is 0. The fourth-order valence-electron chi connectivity index (χ4n) is 0. The van der Waals surface area contributed by atoms with Gasteiger partial charge in [-0.25, -0.2) is 0 Å². The van der Waals surface area contributed by atoms with Crippen molar-refractivity contribution in [1.29, 1.82) is 0 Å². The Kier molecular flexibility index (Phi) is 27.4. The van der Waals surface area contributed by atoms with Gasteiger partial charge >= 0.3 is 74.1 Å². The van der Waals surface area contributed by atoms with Gasteiger partial charge in [0.15, 0.2) is 17.4 Å². The first-order chi connectivity index (χ1) is 2.00. The van der Waals surface area contributed by atoms with E-state index in [1.165, 1.54) is 0 Å². The van der Waals surface area contributed by atoms with E-state index in [9.17, 15) is 0 Å². The number of rotatable bonds is 0. The molecule has 0 atom stereocenters. The van der Waals surface area contributed by atoms with Crippen LogP contribution in [0.2, 0.25) is 0 Å². The molecule has 0 aliphatic rings. The van der Waals surface area contributed by atoms with E-state index in [0.29, 0.717) is 0 Å². The summed E-state index contributed by atoms with van der Waals surface area (Å²) >= 11 is 0. The van der Waals surface area contributed by atoms with Crippen molar-refractivity contribution < 1.29 is 19.2 Å². The molecule has 8 heteroatoms. The van der Waals surface area contributed by atoms with E-state index in [2.05, 4.69) is 0 Å². The molecule has 0 amide bonds. The first-order valence-electron chi connectivity index (χ1n) is 0.894. The van der Waals surface area contributed by atoms with E-state index in [1.54, 1.807) is 0 Å². The summed E-state index contributed by atoms with van der Waals surface area (Å²) in [5, 5.41) is 0. The zero-order valence-corrected chi connectivity index (χ0v) is 9.49. The van der Waals surface area contributed by atoms with Crippen molar-refractivity contribution in [2.24, 2.45) is 0 Å². The van der Waals surface area contributed by atoms with Gasteiger partial charge in [0.05, 0.1) is 0 Å². The van der Waals surface area contributed by atoms with E-state index >= 15 is 0 Å². The molecule has 0 aromatic carbocycles. The predicted octanol–water partition coefficient (Wildman–Crippen LogP) is -5.63. The zero-order chi connectivity index (χ0) is 4.50. The molecule has 0 unspecified atom stereocenters. The maximum absolute atomic E-state index is 7.33. The molecule has 0 saturated carbocycles. The van der Waals surface area contributed by atoms with Gasteiger partial charge < -0.3 is 19.2 Å². The summed E-state index contributed by atoms with van der Waals surface area (Å²) in [5.41, 5.74) is 0. The molecule has 0 spiro atoms. The second kappa shape index (κ2) is 9.77. The molecular weight excluding hydrogens is 366 g/mol. The molecule has 0 bridgehead atoms. The van der Waals surface area contributed by atoms with Crippen LogP contribution in [0.5, 0.6) is 0 Å². The Hall–Kier alpha value is 2.77. The Morgan fingerprint density at radius 1 is 0.875 bits per heavy atom. The average molecular weight is 377 g/mol. The van der Waals surface area contributed by atoms with Crippen LogP contribution in [-0.2, 0) is 0 Å². The van der Waals surface area contributed by atoms with E-state index in [1.807, 2.05) is 0 Å². The summed E-state index contributed by atoms with van der Waals surface area (Å²) in [6, 6.07) is 0. The molecule has 0 aliphatic carbocycles. The molecule has 2 radical (unpaired) electrons. The Labute approximate surface area is 109 Å². The van der Waals surface area contributed by atoms with E-state index < -0.39 is 9.05 Å². The predicted molar refractivity (Wildman–Crippen MR) is 41.7 cm³/mol. The molecular formula is H11AlCaO4PbSi. The summed E-state index contributed by atoms with van der Waals surface area (Å²) in [7, 11) is -4.61. The van der Waals surface area contributed by atoms with Gasteiger partial charge in [-0.3, -0.25) is 0 Å². The Bertz CT molecular complexity index is 31.5. The van der Waals surface area contributed by atoms with Gasteiger partial charge in [0.2, 0.25) is 0 Å². The van der Waals surface area contributed by atoms with Crippen molar-refractivity contribution in [3.8, 4) is 0 Å². The Morgan fingerprint density at radius 2 is 0.875 bits per heavy atom. The van der Waals surface area contributed by atoms with E-state index in [0.717, 1.165) is 0 Å². The summed E-state index contributed by atoms with van der Waals surface area (Å²) in [4.78, 5) is 29.3. The number of hydrogen-bond donors (Lipinski definition) is 4. The Morgan fingerprint density at radius 3 is 0.875 bits per heavy atom. The van der Waals surface area contributed by atoms with Crippen LogP contribution in [0.25, 0.3) is 0 Å². The van der Waals surface area contributed by atoms with Crippen molar-refractivity contribution in [2.75, 3.05) is 0 Å². The van der Waals surface area contributed by atoms with Gasteiger partial charge in [-0.15, -0.1) is 0 Å². The molecule has 8 heavy (non-hydrogen) atoms. The van der Waals surface area contributed by atoms with Crippen molar-refractivity contribution in [3.05, 3.63) is 0 Å². The summed E-state index contributed by atoms with van der Waals surface area (Å²) in [6.45, 7) is 0. The first kappa shape index (κ1) is 22.4. The normalized spacial score (nSPS) is 7.50. The topological polar surface area (TPSA) is 80.9 Å². The van der Waals surface area contributed by atoms with Crippen molar-refractivity contribution in [2.45, 2.75) is 0 Å². The molecule has 0 aliphatic heterocycles. The van der Waals surface area contributed by atoms with Gasteiger partial charge in [-0.1, -0.05) is 0 Å². The van der Waals surface area contributed by atoms with Crippen LogP contribution in [0, 0.1) is 0 Å².